The molecule has 1 aliphatic rings. The van der Waals surface area contributed by atoms with Gasteiger partial charge in [-0.2, -0.15) is 0 Å². The van der Waals surface area contributed by atoms with Gasteiger partial charge in [0.15, 0.2) is 0 Å². The lowest BCUT2D eigenvalue weighted by atomic mass is 10.2. The van der Waals surface area contributed by atoms with Crippen LogP contribution in [-0.4, -0.2) is 26.8 Å². The minimum absolute atomic E-state index is 0.000816. The molecular weight excluding hydrogens is 438 g/mol. The van der Waals surface area contributed by atoms with Crippen molar-refractivity contribution in [3.63, 3.8) is 0 Å². The number of hydrazine groups is 1. The van der Waals surface area contributed by atoms with Crippen LogP contribution in [0.25, 0.3) is 0 Å². The fourth-order valence-corrected chi connectivity index (χ4v) is 5.02. The third kappa shape index (κ3) is 4.26. The number of hydrogen-bond acceptors (Lipinski definition) is 4. The third-order valence-electron chi connectivity index (χ3n) is 4.92. The quantitative estimate of drug-likeness (QED) is 0.591. The van der Waals surface area contributed by atoms with Crippen LogP contribution in [0, 0.1) is 0 Å². The van der Waals surface area contributed by atoms with E-state index >= 15 is 0 Å². The Morgan fingerprint density at radius 2 is 1.52 bits per heavy atom. The highest BCUT2D eigenvalue weighted by Gasteiger charge is 2.30. The second-order valence-electron chi connectivity index (χ2n) is 6.90. The second-order valence-corrected chi connectivity index (χ2v) is 9.20. The zero-order valence-corrected chi connectivity index (χ0v) is 17.8. The number of benzene rings is 3. The number of hydrogen-bond donors (Lipinski definition) is 2. The largest absolute Gasteiger partial charge is 0.269 e. The van der Waals surface area contributed by atoms with Crippen molar-refractivity contribution in [2.45, 2.75) is 11.3 Å². The zero-order valence-electron chi connectivity index (χ0n) is 16.2. The molecule has 0 aromatic heterocycles. The van der Waals surface area contributed by atoms with Gasteiger partial charge < -0.3 is 0 Å². The number of amides is 2. The molecule has 2 amide bonds. The van der Waals surface area contributed by atoms with Gasteiger partial charge in [0.1, 0.15) is 0 Å². The predicted octanol–water partition coefficient (Wildman–Crippen LogP) is 3.17. The minimum atomic E-state index is -3.83. The van der Waals surface area contributed by atoms with Gasteiger partial charge >= 0.3 is 0 Å². The molecule has 9 heteroatoms. The smallest absolute Gasteiger partial charge is 0.267 e. The van der Waals surface area contributed by atoms with Gasteiger partial charge in [-0.05, 0) is 60.5 Å². The van der Waals surface area contributed by atoms with Crippen LogP contribution in [0.1, 0.15) is 26.3 Å². The van der Waals surface area contributed by atoms with E-state index in [1.807, 2.05) is 12.1 Å². The van der Waals surface area contributed by atoms with E-state index in [9.17, 15) is 18.0 Å². The molecule has 0 radical (unpaired) electrons. The van der Waals surface area contributed by atoms with E-state index in [0.717, 1.165) is 5.56 Å². The number of sulfonamides is 1. The SMILES string of the molecule is O=C(NNC(=O)c1cccc(S(=O)(=O)N2CCc3ccccc32)c1)c1ccc(Cl)cc1. The van der Waals surface area contributed by atoms with Crippen molar-refractivity contribution in [2.75, 3.05) is 10.8 Å². The lowest BCUT2D eigenvalue weighted by molar-refractivity contribution is 0.0846. The summed E-state index contributed by atoms with van der Waals surface area (Å²) < 4.78 is 27.7. The number of rotatable bonds is 4. The monoisotopic (exact) mass is 455 g/mol. The Morgan fingerprint density at radius 3 is 2.26 bits per heavy atom. The molecule has 4 rings (SSSR count). The average molecular weight is 456 g/mol. The topological polar surface area (TPSA) is 95.6 Å². The number of fused-ring (bicyclic) bond motifs is 1. The van der Waals surface area contributed by atoms with E-state index in [1.54, 1.807) is 24.3 Å². The lowest BCUT2D eigenvalue weighted by Gasteiger charge is -2.20. The van der Waals surface area contributed by atoms with Gasteiger partial charge in [0.05, 0.1) is 10.6 Å². The lowest BCUT2D eigenvalue weighted by Crippen LogP contribution is -2.41. The van der Waals surface area contributed by atoms with Crippen molar-refractivity contribution in [3.05, 3.63) is 94.5 Å². The number of carbonyl (C=O) groups excluding carboxylic acids is 2. The minimum Gasteiger partial charge on any atom is -0.267 e. The Bertz CT molecular complexity index is 1260. The molecule has 7 nitrogen and oxygen atoms in total. The standard InChI is InChI=1S/C22H18ClN3O4S/c23-18-10-8-16(9-11-18)21(27)24-25-22(28)17-5-3-6-19(14-17)31(29,30)26-13-12-15-4-1-2-7-20(15)26/h1-11,14H,12-13H2,(H,24,27)(H,25,28). The maximum atomic E-state index is 13.2. The number of nitrogens with zero attached hydrogens (tertiary/aromatic N) is 1. The molecule has 0 fully saturated rings. The van der Waals surface area contributed by atoms with Crippen molar-refractivity contribution >= 4 is 39.1 Å². The normalized spacial score (nSPS) is 12.9. The molecule has 0 saturated carbocycles. The maximum Gasteiger partial charge on any atom is 0.269 e. The van der Waals surface area contributed by atoms with E-state index in [-0.39, 0.29) is 10.5 Å². The molecule has 1 aliphatic heterocycles. The summed E-state index contributed by atoms with van der Waals surface area (Å²) in [5.74, 6) is -1.16. The highest BCUT2D eigenvalue weighted by Crippen LogP contribution is 2.32. The Morgan fingerprint density at radius 1 is 0.839 bits per heavy atom. The highest BCUT2D eigenvalue weighted by atomic mass is 35.5. The molecule has 0 unspecified atom stereocenters. The van der Waals surface area contributed by atoms with Gasteiger partial charge in [-0.1, -0.05) is 35.9 Å². The Labute approximate surface area is 184 Å². The van der Waals surface area contributed by atoms with Gasteiger partial charge in [0, 0.05) is 22.7 Å². The van der Waals surface area contributed by atoms with Crippen LogP contribution in [0.5, 0.6) is 0 Å². The van der Waals surface area contributed by atoms with E-state index in [1.165, 1.54) is 40.7 Å². The first kappa shape index (κ1) is 20.9. The van der Waals surface area contributed by atoms with Crippen LogP contribution in [-0.2, 0) is 16.4 Å². The number of anilines is 1. The predicted molar refractivity (Wildman–Crippen MR) is 118 cm³/mol. The first-order valence-corrected chi connectivity index (χ1v) is 11.2. The number of nitrogens with one attached hydrogen (secondary N) is 2. The highest BCUT2D eigenvalue weighted by molar-refractivity contribution is 7.92. The maximum absolute atomic E-state index is 13.2. The van der Waals surface area contributed by atoms with Gasteiger partial charge in [-0.15, -0.1) is 0 Å². The van der Waals surface area contributed by atoms with Crippen molar-refractivity contribution in [1.29, 1.82) is 0 Å². The summed E-state index contributed by atoms with van der Waals surface area (Å²) in [6.45, 7) is 0.343. The fourth-order valence-electron chi connectivity index (χ4n) is 3.34. The zero-order chi connectivity index (χ0) is 22.0. The van der Waals surface area contributed by atoms with Crippen molar-refractivity contribution in [1.82, 2.24) is 10.9 Å². The van der Waals surface area contributed by atoms with Crippen LogP contribution >= 0.6 is 11.6 Å². The molecule has 0 atom stereocenters. The van der Waals surface area contributed by atoms with Crippen LogP contribution < -0.4 is 15.2 Å². The molecule has 2 N–H and O–H groups in total. The van der Waals surface area contributed by atoms with Crippen LogP contribution in [0.3, 0.4) is 0 Å². The van der Waals surface area contributed by atoms with E-state index < -0.39 is 21.8 Å². The molecule has 3 aromatic rings. The van der Waals surface area contributed by atoms with E-state index in [0.29, 0.717) is 29.2 Å². The average Bonchev–Trinajstić information content (AvgIpc) is 3.23. The Kier molecular flexibility index (Phi) is 5.67. The second kappa shape index (κ2) is 8.41. The van der Waals surface area contributed by atoms with Crippen molar-refractivity contribution in [2.24, 2.45) is 0 Å². The first-order chi connectivity index (χ1) is 14.9. The van der Waals surface area contributed by atoms with Gasteiger partial charge in [0.25, 0.3) is 21.8 Å². The Hall–Kier alpha value is -3.36. The van der Waals surface area contributed by atoms with E-state index in [2.05, 4.69) is 10.9 Å². The summed E-state index contributed by atoms with van der Waals surface area (Å²) in [6, 6.07) is 19.2. The first-order valence-electron chi connectivity index (χ1n) is 9.43. The van der Waals surface area contributed by atoms with Crippen LogP contribution in [0.4, 0.5) is 5.69 Å². The number of carbonyl (C=O) groups is 2. The Balaban J connectivity index is 1.49. The molecular formula is C22H18ClN3O4S. The van der Waals surface area contributed by atoms with Gasteiger partial charge in [-0.3, -0.25) is 24.7 Å². The number of halogens is 1. The third-order valence-corrected chi connectivity index (χ3v) is 6.99. The molecule has 0 aliphatic carbocycles. The molecule has 0 bridgehead atoms. The van der Waals surface area contributed by atoms with Crippen LogP contribution in [0.15, 0.2) is 77.7 Å². The van der Waals surface area contributed by atoms with E-state index in [4.69, 9.17) is 11.6 Å². The number of para-hydroxylation sites is 1. The van der Waals surface area contributed by atoms with Crippen molar-refractivity contribution < 1.29 is 18.0 Å². The molecule has 158 valence electrons. The summed E-state index contributed by atoms with van der Waals surface area (Å²) in [5.41, 5.74) is 6.62. The summed E-state index contributed by atoms with van der Waals surface area (Å²) in [7, 11) is -3.83. The summed E-state index contributed by atoms with van der Waals surface area (Å²) in [6.07, 6.45) is 0.631. The molecule has 3 aromatic carbocycles. The fraction of sp³-hybridized carbons (Fsp3) is 0.0909. The van der Waals surface area contributed by atoms with Gasteiger partial charge in [0.2, 0.25) is 0 Å². The summed E-state index contributed by atoms with van der Waals surface area (Å²) in [5, 5.41) is 0.485. The summed E-state index contributed by atoms with van der Waals surface area (Å²) >= 11 is 5.80. The van der Waals surface area contributed by atoms with Gasteiger partial charge in [-0.25, -0.2) is 8.42 Å². The molecule has 31 heavy (non-hydrogen) atoms. The molecule has 0 spiro atoms. The molecule has 0 saturated heterocycles. The van der Waals surface area contributed by atoms with Crippen molar-refractivity contribution in [3.8, 4) is 0 Å². The molecule has 1 heterocycles. The summed E-state index contributed by atoms with van der Waals surface area (Å²) in [4.78, 5) is 24.6. The van der Waals surface area contributed by atoms with Crippen LogP contribution in [0.2, 0.25) is 5.02 Å².